The van der Waals surface area contributed by atoms with Crippen LogP contribution in [0.3, 0.4) is 0 Å². The minimum atomic E-state index is -0.284. The number of methoxy groups -OCH3 is 1. The Kier molecular flexibility index (Phi) is 7.97. The maximum atomic E-state index is 13.2. The van der Waals surface area contributed by atoms with E-state index in [-0.39, 0.29) is 23.8 Å². The van der Waals surface area contributed by atoms with Crippen molar-refractivity contribution in [2.24, 2.45) is 0 Å². The number of fused-ring (bicyclic) bond motifs is 1. The molecule has 0 radical (unpaired) electrons. The summed E-state index contributed by atoms with van der Waals surface area (Å²) >= 11 is 0. The fourth-order valence-electron chi connectivity index (χ4n) is 4.98. The lowest BCUT2D eigenvalue weighted by molar-refractivity contribution is -0.117. The molecule has 212 valence electrons. The largest absolute Gasteiger partial charge is 0.383 e. The number of aryl methyl sites for hydroxylation is 2. The molecule has 0 aliphatic carbocycles. The van der Waals surface area contributed by atoms with Crippen LogP contribution in [0.15, 0.2) is 55.0 Å². The molecule has 2 aromatic carbocycles. The van der Waals surface area contributed by atoms with Gasteiger partial charge in [-0.25, -0.2) is 9.50 Å². The molecule has 1 atom stereocenters. The summed E-state index contributed by atoms with van der Waals surface area (Å²) in [6.07, 6.45) is 4.46. The van der Waals surface area contributed by atoms with E-state index in [9.17, 15) is 14.4 Å². The van der Waals surface area contributed by atoms with Gasteiger partial charge in [0.1, 0.15) is 11.8 Å². The lowest BCUT2D eigenvalue weighted by Gasteiger charge is -2.17. The lowest BCUT2D eigenvalue weighted by Crippen LogP contribution is -2.35. The summed E-state index contributed by atoms with van der Waals surface area (Å²) in [5.74, 6) is 0.0867. The third-order valence-corrected chi connectivity index (χ3v) is 7.11. The van der Waals surface area contributed by atoms with Crippen molar-refractivity contribution in [1.82, 2.24) is 19.9 Å². The molecule has 0 saturated carbocycles. The maximum absolute atomic E-state index is 13.2. The van der Waals surface area contributed by atoms with Gasteiger partial charge in [-0.3, -0.25) is 14.4 Å². The predicted molar refractivity (Wildman–Crippen MR) is 157 cm³/mol. The first-order valence-electron chi connectivity index (χ1n) is 13.5. The molecular formula is C30H33N7O4. The van der Waals surface area contributed by atoms with E-state index >= 15 is 0 Å². The van der Waals surface area contributed by atoms with Gasteiger partial charge in [0.25, 0.3) is 11.8 Å². The highest BCUT2D eigenvalue weighted by Crippen LogP contribution is 2.28. The SMILES string of the molecule is COC[C@H](C)NC(=O)c1cn2ncnc(Nc3cc(C(=O)Nc4cccc(N5CCCC5=O)c4)ccc3C)c2c1C. The van der Waals surface area contributed by atoms with Crippen LogP contribution in [-0.2, 0) is 9.53 Å². The van der Waals surface area contributed by atoms with E-state index in [4.69, 9.17) is 4.74 Å². The number of hydrogen-bond donors (Lipinski definition) is 3. The van der Waals surface area contributed by atoms with Gasteiger partial charge in [0.05, 0.1) is 12.2 Å². The average molecular weight is 556 g/mol. The van der Waals surface area contributed by atoms with E-state index in [1.165, 1.54) is 6.33 Å². The highest BCUT2D eigenvalue weighted by atomic mass is 16.5. The second-order valence-corrected chi connectivity index (χ2v) is 10.2. The second kappa shape index (κ2) is 11.8. The summed E-state index contributed by atoms with van der Waals surface area (Å²) in [5, 5.41) is 13.5. The van der Waals surface area contributed by atoms with Crippen LogP contribution in [-0.4, -0.2) is 58.6 Å². The summed E-state index contributed by atoms with van der Waals surface area (Å²) in [6, 6.07) is 12.5. The summed E-state index contributed by atoms with van der Waals surface area (Å²) in [7, 11) is 1.59. The quantitative estimate of drug-likeness (QED) is 0.282. The van der Waals surface area contributed by atoms with E-state index < -0.39 is 0 Å². The summed E-state index contributed by atoms with van der Waals surface area (Å²) < 4.78 is 6.74. The van der Waals surface area contributed by atoms with Gasteiger partial charge in [-0.2, -0.15) is 5.10 Å². The van der Waals surface area contributed by atoms with Gasteiger partial charge >= 0.3 is 0 Å². The fraction of sp³-hybridized carbons (Fsp3) is 0.300. The van der Waals surface area contributed by atoms with Gasteiger partial charge in [-0.1, -0.05) is 12.1 Å². The van der Waals surface area contributed by atoms with Gasteiger partial charge in [0, 0.05) is 54.9 Å². The monoisotopic (exact) mass is 555 g/mol. The molecule has 11 nitrogen and oxygen atoms in total. The van der Waals surface area contributed by atoms with Gasteiger partial charge in [-0.15, -0.1) is 0 Å². The molecule has 0 bridgehead atoms. The Morgan fingerprint density at radius 3 is 2.71 bits per heavy atom. The lowest BCUT2D eigenvalue weighted by atomic mass is 10.1. The van der Waals surface area contributed by atoms with Crippen LogP contribution < -0.4 is 20.9 Å². The molecule has 4 aromatic rings. The number of aromatic nitrogens is 3. The van der Waals surface area contributed by atoms with E-state index in [0.717, 1.165) is 23.2 Å². The third-order valence-electron chi connectivity index (χ3n) is 7.11. The highest BCUT2D eigenvalue weighted by Gasteiger charge is 2.22. The minimum Gasteiger partial charge on any atom is -0.383 e. The number of rotatable bonds is 9. The molecule has 3 heterocycles. The Balaban J connectivity index is 1.37. The van der Waals surface area contributed by atoms with Crippen molar-refractivity contribution in [1.29, 1.82) is 0 Å². The normalized spacial score (nSPS) is 13.9. The van der Waals surface area contributed by atoms with E-state index in [1.54, 1.807) is 40.9 Å². The van der Waals surface area contributed by atoms with Crippen molar-refractivity contribution in [3.63, 3.8) is 0 Å². The smallest absolute Gasteiger partial charge is 0.255 e. The second-order valence-electron chi connectivity index (χ2n) is 10.2. The Morgan fingerprint density at radius 1 is 1.12 bits per heavy atom. The number of anilines is 4. The number of nitrogens with zero attached hydrogens (tertiary/aromatic N) is 4. The van der Waals surface area contributed by atoms with Crippen molar-refractivity contribution in [2.45, 2.75) is 39.7 Å². The maximum Gasteiger partial charge on any atom is 0.255 e. The number of benzene rings is 2. The van der Waals surface area contributed by atoms with Gasteiger partial charge in [0.2, 0.25) is 5.91 Å². The van der Waals surface area contributed by atoms with Crippen LogP contribution in [0.1, 0.15) is 51.6 Å². The van der Waals surface area contributed by atoms with Gasteiger partial charge in [-0.05, 0) is 68.7 Å². The molecule has 1 saturated heterocycles. The Hall–Kier alpha value is -4.77. The topological polar surface area (TPSA) is 130 Å². The average Bonchev–Trinajstić information content (AvgIpc) is 3.53. The van der Waals surface area contributed by atoms with Crippen molar-refractivity contribution < 1.29 is 19.1 Å². The Labute approximate surface area is 237 Å². The van der Waals surface area contributed by atoms with Crippen LogP contribution in [0.25, 0.3) is 5.52 Å². The molecule has 0 unspecified atom stereocenters. The number of amides is 3. The van der Waals surface area contributed by atoms with Crippen LogP contribution in [0.4, 0.5) is 22.9 Å². The van der Waals surface area contributed by atoms with Gasteiger partial charge < -0.3 is 25.6 Å². The van der Waals surface area contributed by atoms with E-state index in [0.29, 0.717) is 53.4 Å². The molecule has 5 rings (SSSR count). The molecule has 41 heavy (non-hydrogen) atoms. The standard InChI is InChI=1S/C30H33N7O4/c1-18-10-11-21(29(39)34-22-7-5-8-23(14-22)36-12-6-9-26(36)38)13-25(18)35-28-27-20(3)24(15-37(27)32-17-31-28)30(40)33-19(2)16-41-4/h5,7-8,10-11,13-15,17,19H,6,9,12,16H2,1-4H3,(H,33,40)(H,34,39)(H,31,32,35)/t19-/m0/s1. The van der Waals surface area contributed by atoms with Crippen molar-refractivity contribution in [3.8, 4) is 0 Å². The van der Waals surface area contributed by atoms with Crippen molar-refractivity contribution in [2.75, 3.05) is 35.8 Å². The van der Waals surface area contributed by atoms with Crippen LogP contribution in [0.5, 0.6) is 0 Å². The molecule has 2 aromatic heterocycles. The molecule has 1 fully saturated rings. The molecule has 11 heteroatoms. The van der Waals surface area contributed by atoms with Crippen molar-refractivity contribution in [3.05, 3.63) is 77.2 Å². The highest BCUT2D eigenvalue weighted by molar-refractivity contribution is 6.06. The first-order chi connectivity index (χ1) is 19.7. The zero-order valence-corrected chi connectivity index (χ0v) is 23.5. The van der Waals surface area contributed by atoms with Gasteiger partial charge in [0.15, 0.2) is 5.82 Å². The van der Waals surface area contributed by atoms with E-state index in [1.807, 2.05) is 45.0 Å². The summed E-state index contributed by atoms with van der Waals surface area (Å²) in [5.41, 5.74) is 5.28. The van der Waals surface area contributed by atoms with Crippen LogP contribution in [0.2, 0.25) is 0 Å². The number of ether oxygens (including phenoxy) is 1. The summed E-state index contributed by atoms with van der Waals surface area (Å²) in [4.78, 5) is 44.4. The fourth-order valence-corrected chi connectivity index (χ4v) is 4.98. The Morgan fingerprint density at radius 2 is 1.95 bits per heavy atom. The molecule has 3 amide bonds. The van der Waals surface area contributed by atoms with Crippen LogP contribution >= 0.6 is 0 Å². The number of nitrogens with one attached hydrogen (secondary N) is 3. The molecule has 1 aliphatic heterocycles. The van der Waals surface area contributed by atoms with Crippen LogP contribution in [0, 0.1) is 13.8 Å². The zero-order valence-electron chi connectivity index (χ0n) is 23.5. The molecule has 0 spiro atoms. The van der Waals surface area contributed by atoms with E-state index in [2.05, 4.69) is 26.0 Å². The first kappa shape index (κ1) is 27.8. The molecule has 1 aliphatic rings. The third kappa shape index (κ3) is 5.90. The molecule has 3 N–H and O–H groups in total. The summed E-state index contributed by atoms with van der Waals surface area (Å²) in [6.45, 7) is 6.73. The number of carbonyl (C=O) groups excluding carboxylic acids is 3. The number of carbonyl (C=O) groups is 3. The minimum absolute atomic E-state index is 0.0909. The van der Waals surface area contributed by atoms with Crippen molar-refractivity contribution >= 4 is 46.1 Å². The molecular weight excluding hydrogens is 522 g/mol. The first-order valence-corrected chi connectivity index (χ1v) is 13.5. The predicted octanol–water partition coefficient (Wildman–Crippen LogP) is 4.23. The zero-order chi connectivity index (χ0) is 29.1. The Bertz CT molecular complexity index is 1630. The number of hydrogen-bond acceptors (Lipinski definition) is 7.